The van der Waals surface area contributed by atoms with Gasteiger partial charge in [0.25, 0.3) is 0 Å². The SMILES string of the molecule is COCCOCCNC1CCCc2occc21. The van der Waals surface area contributed by atoms with Gasteiger partial charge in [-0.05, 0) is 18.9 Å². The number of fused-ring (bicyclic) bond motifs is 1. The van der Waals surface area contributed by atoms with E-state index in [0.29, 0.717) is 19.3 Å². The molecule has 1 atom stereocenters. The Kier molecular flexibility index (Phi) is 5.04. The predicted molar refractivity (Wildman–Crippen MR) is 65.1 cm³/mol. The third kappa shape index (κ3) is 3.56. The van der Waals surface area contributed by atoms with Crippen molar-refractivity contribution in [2.75, 3.05) is 33.5 Å². The second-order valence-electron chi connectivity index (χ2n) is 4.30. The summed E-state index contributed by atoms with van der Waals surface area (Å²) in [6.45, 7) is 2.93. The second kappa shape index (κ2) is 6.79. The molecule has 1 heterocycles. The van der Waals surface area contributed by atoms with Crippen molar-refractivity contribution in [2.45, 2.75) is 25.3 Å². The molecule has 0 fully saturated rings. The van der Waals surface area contributed by atoms with Crippen LogP contribution in [-0.4, -0.2) is 33.5 Å². The van der Waals surface area contributed by atoms with Crippen molar-refractivity contribution in [2.24, 2.45) is 0 Å². The molecule has 1 aliphatic carbocycles. The first kappa shape index (κ1) is 12.6. The van der Waals surface area contributed by atoms with Crippen LogP contribution in [0, 0.1) is 0 Å². The summed E-state index contributed by atoms with van der Waals surface area (Å²) in [5, 5.41) is 3.51. The highest BCUT2D eigenvalue weighted by Gasteiger charge is 2.21. The lowest BCUT2D eigenvalue weighted by atomic mass is 9.93. The normalized spacial score (nSPS) is 19.2. The summed E-state index contributed by atoms with van der Waals surface area (Å²) in [7, 11) is 1.68. The van der Waals surface area contributed by atoms with Crippen LogP contribution in [0.25, 0.3) is 0 Å². The summed E-state index contributed by atoms with van der Waals surface area (Å²) < 4.78 is 15.8. The molecule has 1 aromatic rings. The van der Waals surface area contributed by atoms with E-state index < -0.39 is 0 Å². The molecule has 1 unspecified atom stereocenters. The molecule has 0 spiro atoms. The van der Waals surface area contributed by atoms with E-state index >= 15 is 0 Å². The summed E-state index contributed by atoms with van der Waals surface area (Å²) >= 11 is 0. The van der Waals surface area contributed by atoms with E-state index in [1.54, 1.807) is 13.4 Å². The molecule has 4 heteroatoms. The van der Waals surface area contributed by atoms with Crippen molar-refractivity contribution < 1.29 is 13.9 Å². The largest absolute Gasteiger partial charge is 0.469 e. The first-order chi connectivity index (χ1) is 8.42. The van der Waals surface area contributed by atoms with Gasteiger partial charge in [0.1, 0.15) is 5.76 Å². The van der Waals surface area contributed by atoms with E-state index in [0.717, 1.165) is 25.3 Å². The molecule has 0 aliphatic heterocycles. The average Bonchev–Trinajstić information content (AvgIpc) is 2.82. The molecule has 0 bridgehead atoms. The van der Waals surface area contributed by atoms with Gasteiger partial charge in [-0.3, -0.25) is 0 Å². The van der Waals surface area contributed by atoms with Gasteiger partial charge in [0.15, 0.2) is 0 Å². The molecule has 0 saturated carbocycles. The molecular weight excluding hydrogens is 218 g/mol. The Hall–Kier alpha value is -0.840. The number of rotatable bonds is 7. The Balaban J connectivity index is 1.67. The van der Waals surface area contributed by atoms with Gasteiger partial charge in [-0.25, -0.2) is 0 Å². The summed E-state index contributed by atoms with van der Waals surface area (Å²) in [4.78, 5) is 0. The highest BCUT2D eigenvalue weighted by Crippen LogP contribution is 2.30. The number of aryl methyl sites for hydroxylation is 1. The van der Waals surface area contributed by atoms with Gasteiger partial charge in [0.05, 0.1) is 26.1 Å². The number of hydrogen-bond donors (Lipinski definition) is 1. The Morgan fingerprint density at radius 1 is 1.41 bits per heavy atom. The second-order valence-corrected chi connectivity index (χ2v) is 4.30. The molecule has 0 aromatic carbocycles. The number of ether oxygens (including phenoxy) is 2. The van der Waals surface area contributed by atoms with E-state index in [1.807, 2.05) is 0 Å². The minimum atomic E-state index is 0.434. The van der Waals surface area contributed by atoms with Crippen LogP contribution in [0.15, 0.2) is 16.7 Å². The van der Waals surface area contributed by atoms with Gasteiger partial charge in [-0.1, -0.05) is 0 Å². The zero-order valence-corrected chi connectivity index (χ0v) is 10.4. The lowest BCUT2D eigenvalue weighted by Gasteiger charge is -2.22. The molecular formula is C13H21NO3. The minimum Gasteiger partial charge on any atom is -0.469 e. The monoisotopic (exact) mass is 239 g/mol. The summed E-state index contributed by atoms with van der Waals surface area (Å²) in [6.07, 6.45) is 5.25. The molecule has 0 saturated heterocycles. The molecule has 17 heavy (non-hydrogen) atoms. The number of nitrogens with one attached hydrogen (secondary N) is 1. The predicted octanol–water partition coefficient (Wildman–Crippen LogP) is 1.91. The molecule has 0 radical (unpaired) electrons. The average molecular weight is 239 g/mol. The minimum absolute atomic E-state index is 0.434. The van der Waals surface area contributed by atoms with E-state index in [2.05, 4.69) is 11.4 Å². The van der Waals surface area contributed by atoms with Crippen LogP contribution in [-0.2, 0) is 15.9 Å². The van der Waals surface area contributed by atoms with Crippen LogP contribution in [0.1, 0.15) is 30.2 Å². The van der Waals surface area contributed by atoms with Gasteiger partial charge in [-0.2, -0.15) is 0 Å². The van der Waals surface area contributed by atoms with E-state index in [-0.39, 0.29) is 0 Å². The molecule has 1 aromatic heterocycles. The van der Waals surface area contributed by atoms with Crippen LogP contribution in [0.5, 0.6) is 0 Å². The van der Waals surface area contributed by atoms with Gasteiger partial charge < -0.3 is 19.2 Å². The quantitative estimate of drug-likeness (QED) is 0.738. The molecule has 1 N–H and O–H groups in total. The van der Waals surface area contributed by atoms with Crippen molar-refractivity contribution >= 4 is 0 Å². The van der Waals surface area contributed by atoms with Crippen LogP contribution in [0.4, 0.5) is 0 Å². The van der Waals surface area contributed by atoms with Crippen molar-refractivity contribution in [1.82, 2.24) is 5.32 Å². The smallest absolute Gasteiger partial charge is 0.108 e. The van der Waals surface area contributed by atoms with Crippen molar-refractivity contribution in [3.8, 4) is 0 Å². The maximum atomic E-state index is 5.46. The number of furan rings is 1. The third-order valence-corrected chi connectivity index (χ3v) is 3.12. The van der Waals surface area contributed by atoms with Crippen LogP contribution in [0.2, 0.25) is 0 Å². The lowest BCUT2D eigenvalue weighted by molar-refractivity contribution is 0.0708. The number of hydrogen-bond acceptors (Lipinski definition) is 4. The molecule has 1 aliphatic rings. The van der Waals surface area contributed by atoms with Gasteiger partial charge in [-0.15, -0.1) is 0 Å². The highest BCUT2D eigenvalue weighted by atomic mass is 16.5. The van der Waals surface area contributed by atoms with Gasteiger partial charge >= 0.3 is 0 Å². The lowest BCUT2D eigenvalue weighted by Crippen LogP contribution is -2.28. The Labute approximate surface area is 102 Å². The van der Waals surface area contributed by atoms with Crippen LogP contribution < -0.4 is 5.32 Å². The Bertz CT molecular complexity index is 324. The zero-order valence-electron chi connectivity index (χ0n) is 10.4. The Morgan fingerprint density at radius 2 is 2.35 bits per heavy atom. The van der Waals surface area contributed by atoms with Gasteiger partial charge in [0.2, 0.25) is 0 Å². The van der Waals surface area contributed by atoms with E-state index in [1.165, 1.54) is 18.4 Å². The molecule has 4 nitrogen and oxygen atoms in total. The molecule has 96 valence electrons. The van der Waals surface area contributed by atoms with Crippen LogP contribution >= 0.6 is 0 Å². The maximum Gasteiger partial charge on any atom is 0.108 e. The van der Waals surface area contributed by atoms with Crippen molar-refractivity contribution in [3.05, 3.63) is 23.7 Å². The summed E-state index contributed by atoms with van der Waals surface area (Å²) in [6, 6.07) is 2.52. The fraction of sp³-hybridized carbons (Fsp3) is 0.692. The fourth-order valence-corrected chi connectivity index (χ4v) is 2.25. The molecule has 2 rings (SSSR count). The summed E-state index contributed by atoms with van der Waals surface area (Å²) in [5.74, 6) is 1.15. The first-order valence-corrected chi connectivity index (χ1v) is 6.28. The zero-order chi connectivity index (χ0) is 11.9. The maximum absolute atomic E-state index is 5.46. The van der Waals surface area contributed by atoms with E-state index in [4.69, 9.17) is 13.9 Å². The topological polar surface area (TPSA) is 43.6 Å². The fourth-order valence-electron chi connectivity index (χ4n) is 2.25. The van der Waals surface area contributed by atoms with Crippen molar-refractivity contribution in [1.29, 1.82) is 0 Å². The molecule has 0 amide bonds. The Morgan fingerprint density at radius 3 is 3.24 bits per heavy atom. The number of methoxy groups -OCH3 is 1. The third-order valence-electron chi connectivity index (χ3n) is 3.12. The summed E-state index contributed by atoms with van der Waals surface area (Å²) in [5.41, 5.74) is 1.33. The standard InChI is InChI=1S/C13H21NO3/c1-15-9-10-16-8-6-14-12-3-2-4-13-11(12)5-7-17-13/h5,7,12,14H,2-4,6,8-10H2,1H3. The van der Waals surface area contributed by atoms with Crippen LogP contribution in [0.3, 0.4) is 0 Å². The first-order valence-electron chi connectivity index (χ1n) is 6.28. The van der Waals surface area contributed by atoms with E-state index in [9.17, 15) is 0 Å². The van der Waals surface area contributed by atoms with Crippen molar-refractivity contribution in [3.63, 3.8) is 0 Å². The highest BCUT2D eigenvalue weighted by molar-refractivity contribution is 5.23. The van der Waals surface area contributed by atoms with Gasteiger partial charge in [0, 0.05) is 31.7 Å².